The van der Waals surface area contributed by atoms with Crippen molar-refractivity contribution in [3.8, 4) is 0 Å². The van der Waals surface area contributed by atoms with Gasteiger partial charge < -0.3 is 15.6 Å². The van der Waals surface area contributed by atoms with E-state index in [1.807, 2.05) is 6.92 Å². The second-order valence-electron chi connectivity index (χ2n) is 7.07. The molecule has 2 amide bonds. The number of rotatable bonds is 5. The smallest absolute Gasteiger partial charge is 0.326 e. The number of aryl methyl sites for hydroxylation is 1. The van der Waals surface area contributed by atoms with Gasteiger partial charge in [-0.3, -0.25) is 4.57 Å². The molecule has 1 saturated carbocycles. The number of nitrogens with one attached hydrogen (secondary N) is 3. The van der Waals surface area contributed by atoms with Gasteiger partial charge >= 0.3 is 11.7 Å². The Morgan fingerprint density at radius 2 is 1.96 bits per heavy atom. The molecule has 140 valence electrons. The Hall–Kier alpha value is -2.73. The first-order chi connectivity index (χ1) is 13.0. The van der Waals surface area contributed by atoms with E-state index < -0.39 is 0 Å². The average molecular weight is 385 g/mol. The third kappa shape index (κ3) is 3.57. The number of H-pyrrole nitrogens is 1. The Morgan fingerprint density at radius 1 is 1.22 bits per heavy atom. The maximum atomic E-state index is 12.3. The van der Waals surface area contributed by atoms with Crippen LogP contribution >= 0.6 is 11.6 Å². The van der Waals surface area contributed by atoms with Crippen LogP contribution in [-0.4, -0.2) is 22.1 Å². The van der Waals surface area contributed by atoms with E-state index in [-0.39, 0.29) is 17.3 Å². The summed E-state index contributed by atoms with van der Waals surface area (Å²) >= 11 is 5.96. The number of imidazole rings is 1. The maximum Gasteiger partial charge on any atom is 0.326 e. The molecule has 0 spiro atoms. The molecule has 1 aliphatic carbocycles. The number of halogens is 1. The third-order valence-corrected chi connectivity index (χ3v) is 5.30. The molecule has 0 unspecified atom stereocenters. The van der Waals surface area contributed by atoms with Crippen molar-refractivity contribution in [2.45, 2.75) is 31.8 Å². The molecule has 4 rings (SSSR count). The normalized spacial score (nSPS) is 14.9. The second kappa shape index (κ2) is 6.78. The lowest BCUT2D eigenvalue weighted by molar-refractivity contribution is 0.235. The topological polar surface area (TPSA) is 78.9 Å². The summed E-state index contributed by atoms with van der Waals surface area (Å²) in [7, 11) is 0. The van der Waals surface area contributed by atoms with E-state index in [4.69, 9.17) is 11.6 Å². The van der Waals surface area contributed by atoms with E-state index in [2.05, 4.69) is 39.9 Å². The van der Waals surface area contributed by atoms with Crippen LogP contribution in [-0.2, 0) is 12.1 Å². The van der Waals surface area contributed by atoms with E-state index >= 15 is 0 Å². The Kier molecular flexibility index (Phi) is 4.44. The van der Waals surface area contributed by atoms with Crippen molar-refractivity contribution in [1.29, 1.82) is 0 Å². The summed E-state index contributed by atoms with van der Waals surface area (Å²) < 4.78 is 1.60. The number of amides is 2. The van der Waals surface area contributed by atoms with E-state index in [0.29, 0.717) is 23.6 Å². The van der Waals surface area contributed by atoms with E-state index in [9.17, 15) is 9.59 Å². The lowest BCUT2D eigenvalue weighted by Crippen LogP contribution is -2.43. The molecule has 0 saturated heterocycles. The largest absolute Gasteiger partial charge is 0.336 e. The molecule has 0 aliphatic heterocycles. The van der Waals surface area contributed by atoms with Gasteiger partial charge in [0.15, 0.2) is 0 Å². The minimum Gasteiger partial charge on any atom is -0.336 e. The highest BCUT2D eigenvalue weighted by Gasteiger charge is 2.45. The van der Waals surface area contributed by atoms with Crippen LogP contribution in [0.4, 0.5) is 4.79 Å². The minimum absolute atomic E-state index is 0.215. The van der Waals surface area contributed by atoms with E-state index in [1.54, 1.807) is 22.8 Å². The zero-order chi connectivity index (χ0) is 19.0. The number of fused-ring (bicyclic) bond motifs is 1. The molecule has 6 nitrogen and oxygen atoms in total. The highest BCUT2D eigenvalue weighted by molar-refractivity contribution is 6.31. The van der Waals surface area contributed by atoms with Crippen LogP contribution in [0.25, 0.3) is 11.0 Å². The fourth-order valence-electron chi connectivity index (χ4n) is 3.38. The quantitative estimate of drug-likeness (QED) is 0.631. The first-order valence-electron chi connectivity index (χ1n) is 8.98. The Balaban J connectivity index is 1.37. The zero-order valence-electron chi connectivity index (χ0n) is 15.0. The summed E-state index contributed by atoms with van der Waals surface area (Å²) in [5.41, 5.74) is 3.31. The van der Waals surface area contributed by atoms with Gasteiger partial charge in [0.1, 0.15) is 0 Å². The van der Waals surface area contributed by atoms with Crippen LogP contribution < -0.4 is 16.3 Å². The molecule has 2 aromatic carbocycles. The molecule has 0 atom stereocenters. The fraction of sp³-hybridized carbons (Fsp3) is 0.300. The molecule has 1 aliphatic rings. The van der Waals surface area contributed by atoms with Crippen molar-refractivity contribution >= 4 is 28.7 Å². The summed E-state index contributed by atoms with van der Waals surface area (Å²) in [6.45, 7) is 2.78. The van der Waals surface area contributed by atoms with Crippen molar-refractivity contribution in [1.82, 2.24) is 20.2 Å². The molecule has 7 heteroatoms. The van der Waals surface area contributed by atoms with Gasteiger partial charge in [0.2, 0.25) is 0 Å². The highest BCUT2D eigenvalue weighted by Crippen LogP contribution is 2.45. The van der Waals surface area contributed by atoms with Gasteiger partial charge in [-0.15, -0.1) is 0 Å². The summed E-state index contributed by atoms with van der Waals surface area (Å²) in [6.07, 6.45) is 1.87. The number of urea groups is 1. The number of benzene rings is 2. The number of carbonyl (C=O) groups excluding carboxylic acids is 1. The Labute approximate surface area is 161 Å². The fourth-order valence-corrected chi connectivity index (χ4v) is 3.56. The number of nitrogens with zero attached hydrogens (tertiary/aromatic N) is 1. The van der Waals surface area contributed by atoms with Crippen LogP contribution in [0.3, 0.4) is 0 Å². The van der Waals surface area contributed by atoms with Gasteiger partial charge in [0, 0.05) is 18.1 Å². The van der Waals surface area contributed by atoms with Crippen LogP contribution in [0, 0.1) is 6.92 Å². The predicted molar refractivity (Wildman–Crippen MR) is 106 cm³/mol. The van der Waals surface area contributed by atoms with E-state index in [0.717, 1.165) is 23.9 Å². The van der Waals surface area contributed by atoms with Gasteiger partial charge in [0.05, 0.1) is 16.6 Å². The minimum atomic E-state index is -0.258. The number of aromatic nitrogens is 2. The number of carbonyl (C=O) groups is 1. The van der Waals surface area contributed by atoms with Crippen LogP contribution in [0.15, 0.2) is 47.3 Å². The lowest BCUT2D eigenvalue weighted by atomic mass is 10.0. The Bertz CT molecular complexity index is 1050. The van der Waals surface area contributed by atoms with Gasteiger partial charge in [0.25, 0.3) is 0 Å². The summed E-state index contributed by atoms with van der Waals surface area (Å²) in [4.78, 5) is 27.2. The molecular weight excluding hydrogens is 364 g/mol. The molecule has 3 N–H and O–H groups in total. The SMILES string of the molecule is Cc1ccc(C2(NC(=O)NCCn3c(=O)[nH]c4cc(Cl)ccc43)CC2)cc1. The van der Waals surface area contributed by atoms with Gasteiger partial charge in [-0.05, 0) is 43.5 Å². The lowest BCUT2D eigenvalue weighted by Gasteiger charge is -2.18. The van der Waals surface area contributed by atoms with Crippen molar-refractivity contribution in [2.24, 2.45) is 0 Å². The average Bonchev–Trinajstić information content (AvgIpc) is 3.33. The van der Waals surface area contributed by atoms with Gasteiger partial charge in [-0.2, -0.15) is 0 Å². The maximum absolute atomic E-state index is 12.3. The summed E-state index contributed by atoms with van der Waals surface area (Å²) in [6, 6.07) is 13.3. The molecule has 1 aromatic heterocycles. The standard InChI is InChI=1S/C20H21ClN4O2/c1-13-2-4-14(5-3-13)20(8-9-20)24-18(26)22-10-11-25-17-7-6-15(21)12-16(17)23-19(25)27/h2-7,12H,8-11H2,1H3,(H,23,27)(H2,22,24,26). The molecular formula is C20H21ClN4O2. The summed E-state index contributed by atoms with van der Waals surface area (Å²) in [5, 5.41) is 6.50. The monoisotopic (exact) mass is 384 g/mol. The van der Waals surface area contributed by atoms with Crippen LogP contribution in [0.5, 0.6) is 0 Å². The number of hydrogen-bond acceptors (Lipinski definition) is 2. The van der Waals surface area contributed by atoms with Crippen molar-refractivity contribution < 1.29 is 4.79 Å². The number of aromatic amines is 1. The summed E-state index contributed by atoms with van der Waals surface area (Å²) in [5.74, 6) is 0. The predicted octanol–water partition coefficient (Wildman–Crippen LogP) is 3.28. The van der Waals surface area contributed by atoms with Crippen molar-refractivity contribution in [3.63, 3.8) is 0 Å². The molecule has 0 radical (unpaired) electrons. The van der Waals surface area contributed by atoms with Crippen LogP contribution in [0.1, 0.15) is 24.0 Å². The van der Waals surface area contributed by atoms with Crippen LogP contribution in [0.2, 0.25) is 5.02 Å². The molecule has 3 aromatic rings. The molecule has 0 bridgehead atoms. The second-order valence-corrected chi connectivity index (χ2v) is 7.51. The first kappa shape index (κ1) is 17.7. The van der Waals surface area contributed by atoms with E-state index in [1.165, 1.54) is 5.56 Å². The number of hydrogen-bond donors (Lipinski definition) is 3. The first-order valence-corrected chi connectivity index (χ1v) is 9.36. The third-order valence-electron chi connectivity index (χ3n) is 5.06. The van der Waals surface area contributed by atoms with Gasteiger partial charge in [-0.1, -0.05) is 41.4 Å². The highest BCUT2D eigenvalue weighted by atomic mass is 35.5. The molecule has 1 heterocycles. The molecule has 1 fully saturated rings. The molecule has 27 heavy (non-hydrogen) atoms. The Morgan fingerprint density at radius 3 is 2.67 bits per heavy atom. The van der Waals surface area contributed by atoms with Gasteiger partial charge in [-0.25, -0.2) is 9.59 Å². The van der Waals surface area contributed by atoms with Crippen molar-refractivity contribution in [2.75, 3.05) is 6.54 Å². The zero-order valence-corrected chi connectivity index (χ0v) is 15.8. The van der Waals surface area contributed by atoms with Crippen molar-refractivity contribution in [3.05, 3.63) is 69.1 Å².